The van der Waals surface area contributed by atoms with Crippen LogP contribution in [-0.4, -0.2) is 33.5 Å². The van der Waals surface area contributed by atoms with Crippen LogP contribution in [0.4, 0.5) is 13.2 Å². The number of hydrogen-bond acceptors (Lipinski definition) is 4. The predicted octanol–water partition coefficient (Wildman–Crippen LogP) is 1.69. The van der Waals surface area contributed by atoms with E-state index in [1.165, 1.54) is 18.2 Å². The average Bonchev–Trinajstić information content (AvgIpc) is 2.25. The smallest absolute Gasteiger partial charge is 0.394 e. The molecule has 17 heavy (non-hydrogen) atoms. The lowest BCUT2D eigenvalue weighted by Gasteiger charge is -2.16. The van der Waals surface area contributed by atoms with E-state index in [4.69, 9.17) is 5.11 Å². The van der Waals surface area contributed by atoms with Gasteiger partial charge in [-0.15, -0.1) is 0 Å². The Morgan fingerprint density at radius 1 is 1.24 bits per heavy atom. The molecule has 1 aromatic rings. The fraction of sp³-hybridized carbons (Fsp3) is 0.400. The molecular weight excluding hydrogens is 257 g/mol. The molecule has 1 rings (SSSR count). The highest BCUT2D eigenvalue weighted by molar-refractivity contribution is 8.00. The van der Waals surface area contributed by atoms with Crippen LogP contribution in [0.3, 0.4) is 0 Å². The van der Waals surface area contributed by atoms with Gasteiger partial charge in [0.15, 0.2) is 0 Å². The number of benzene rings is 1. The molecule has 0 aliphatic heterocycles. The fourth-order valence-corrected chi connectivity index (χ4v) is 1.83. The molecule has 0 aromatic heterocycles. The highest BCUT2D eigenvalue weighted by Gasteiger charge is 2.29. The Kier molecular flexibility index (Phi) is 4.81. The third kappa shape index (κ3) is 4.55. The molecule has 0 amide bonds. The van der Waals surface area contributed by atoms with Gasteiger partial charge in [-0.3, -0.25) is 0 Å². The number of aliphatic hydroxyl groups excluding tert-OH is 3. The van der Waals surface area contributed by atoms with Gasteiger partial charge in [-0.25, -0.2) is 0 Å². The number of rotatable bonds is 4. The van der Waals surface area contributed by atoms with Crippen LogP contribution in [0.5, 0.6) is 0 Å². The molecular formula is C10H11F3O3S. The van der Waals surface area contributed by atoms with Crippen molar-refractivity contribution < 1.29 is 28.5 Å². The molecule has 0 aliphatic carbocycles. The lowest BCUT2D eigenvalue weighted by atomic mass is 10.1. The summed E-state index contributed by atoms with van der Waals surface area (Å²) in [4.78, 5) is -0.0841. The van der Waals surface area contributed by atoms with E-state index in [0.29, 0.717) is 0 Å². The molecule has 7 heteroatoms. The van der Waals surface area contributed by atoms with Crippen molar-refractivity contribution in [3.05, 3.63) is 29.8 Å². The van der Waals surface area contributed by atoms with E-state index < -0.39 is 24.3 Å². The first kappa shape index (κ1) is 14.3. The summed E-state index contributed by atoms with van der Waals surface area (Å²) in [5.41, 5.74) is -4.28. The molecule has 96 valence electrons. The molecule has 0 aliphatic rings. The van der Waals surface area contributed by atoms with Gasteiger partial charge in [-0.2, -0.15) is 13.2 Å². The van der Waals surface area contributed by atoms with Crippen molar-refractivity contribution in [3.8, 4) is 0 Å². The van der Waals surface area contributed by atoms with Crippen LogP contribution >= 0.6 is 11.8 Å². The first-order valence-electron chi connectivity index (χ1n) is 4.66. The van der Waals surface area contributed by atoms with Crippen LogP contribution in [0.2, 0.25) is 0 Å². The van der Waals surface area contributed by atoms with Crippen molar-refractivity contribution in [3.63, 3.8) is 0 Å². The minimum atomic E-state index is -4.40. The number of halogens is 3. The van der Waals surface area contributed by atoms with Crippen LogP contribution in [0, 0.1) is 0 Å². The van der Waals surface area contributed by atoms with Gasteiger partial charge in [0.25, 0.3) is 0 Å². The predicted molar refractivity (Wildman–Crippen MR) is 56.4 cm³/mol. The summed E-state index contributed by atoms with van der Waals surface area (Å²) in [6, 6.07) is 5.10. The van der Waals surface area contributed by atoms with Crippen LogP contribution in [0.25, 0.3) is 0 Å². The average molecular weight is 268 g/mol. The van der Waals surface area contributed by atoms with Crippen molar-refractivity contribution in [2.45, 2.75) is 22.6 Å². The van der Waals surface area contributed by atoms with E-state index in [1.807, 2.05) is 0 Å². The summed E-state index contributed by atoms with van der Waals surface area (Å²) < 4.78 is 36.3. The molecule has 2 atom stereocenters. The number of alkyl halides is 3. The Morgan fingerprint density at radius 3 is 2.41 bits per heavy atom. The quantitative estimate of drug-likeness (QED) is 0.727. The minimum absolute atomic E-state index is 0.0841. The Morgan fingerprint density at radius 2 is 1.88 bits per heavy atom. The Balaban J connectivity index is 2.86. The van der Waals surface area contributed by atoms with Gasteiger partial charge in [-0.1, -0.05) is 12.1 Å². The second kappa shape index (κ2) is 5.72. The van der Waals surface area contributed by atoms with E-state index in [0.717, 1.165) is 6.07 Å². The number of hydrogen-bond donors (Lipinski definition) is 3. The second-order valence-electron chi connectivity index (χ2n) is 3.32. The topological polar surface area (TPSA) is 60.7 Å². The summed E-state index contributed by atoms with van der Waals surface area (Å²) in [6.45, 7) is -0.669. The molecule has 0 radical (unpaired) electrons. The third-order valence-corrected chi connectivity index (χ3v) is 2.71. The van der Waals surface area contributed by atoms with Crippen LogP contribution in [-0.2, 0) is 0 Å². The van der Waals surface area contributed by atoms with Crippen LogP contribution in [0.15, 0.2) is 29.2 Å². The fourth-order valence-electron chi connectivity index (χ4n) is 1.22. The van der Waals surface area contributed by atoms with E-state index in [-0.39, 0.29) is 22.2 Å². The normalized spacial score (nSPS) is 15.6. The summed E-state index contributed by atoms with van der Waals surface area (Å²) in [7, 11) is 0. The van der Waals surface area contributed by atoms with Crippen LogP contribution in [0.1, 0.15) is 11.7 Å². The van der Waals surface area contributed by atoms with Gasteiger partial charge in [0.05, 0.1) is 6.61 Å². The van der Waals surface area contributed by atoms with Gasteiger partial charge >= 0.3 is 5.51 Å². The molecule has 0 heterocycles. The lowest BCUT2D eigenvalue weighted by molar-refractivity contribution is -0.0328. The zero-order valence-electron chi connectivity index (χ0n) is 8.55. The van der Waals surface area contributed by atoms with Crippen molar-refractivity contribution in [2.24, 2.45) is 0 Å². The molecule has 0 fully saturated rings. The maximum Gasteiger partial charge on any atom is 0.446 e. The number of thioether (sulfide) groups is 1. The minimum Gasteiger partial charge on any atom is -0.394 e. The summed E-state index contributed by atoms with van der Waals surface area (Å²) in [6.07, 6.45) is -2.82. The summed E-state index contributed by atoms with van der Waals surface area (Å²) >= 11 is -0.304. The van der Waals surface area contributed by atoms with Crippen LogP contribution < -0.4 is 0 Å². The maximum absolute atomic E-state index is 12.1. The molecule has 0 saturated heterocycles. The standard InChI is InChI=1S/C10H11F3O3S/c11-10(12,13)17-7-3-1-2-6(4-7)9(16)8(15)5-14/h1-4,8-9,14-16H,5H2. The Hall–Kier alpha value is -0.760. The highest BCUT2D eigenvalue weighted by atomic mass is 32.2. The van der Waals surface area contributed by atoms with Gasteiger partial charge in [0, 0.05) is 4.90 Å². The van der Waals surface area contributed by atoms with E-state index >= 15 is 0 Å². The van der Waals surface area contributed by atoms with Crippen molar-refractivity contribution in [1.29, 1.82) is 0 Å². The third-order valence-electron chi connectivity index (χ3n) is 1.98. The molecule has 0 bridgehead atoms. The highest BCUT2D eigenvalue weighted by Crippen LogP contribution is 2.37. The molecule has 2 unspecified atom stereocenters. The molecule has 1 aromatic carbocycles. The van der Waals surface area contributed by atoms with E-state index in [1.54, 1.807) is 0 Å². The van der Waals surface area contributed by atoms with Gasteiger partial charge < -0.3 is 15.3 Å². The van der Waals surface area contributed by atoms with E-state index in [2.05, 4.69) is 0 Å². The lowest BCUT2D eigenvalue weighted by Crippen LogP contribution is -2.22. The summed E-state index contributed by atoms with van der Waals surface area (Å²) in [5, 5.41) is 27.3. The number of aliphatic hydroxyl groups is 3. The second-order valence-corrected chi connectivity index (χ2v) is 4.45. The van der Waals surface area contributed by atoms with Gasteiger partial charge in [-0.05, 0) is 29.5 Å². The largest absolute Gasteiger partial charge is 0.446 e. The molecule has 3 N–H and O–H groups in total. The summed E-state index contributed by atoms with van der Waals surface area (Å²) in [5.74, 6) is 0. The first-order chi connectivity index (χ1) is 7.83. The zero-order chi connectivity index (χ0) is 13.1. The van der Waals surface area contributed by atoms with Gasteiger partial charge in [0.2, 0.25) is 0 Å². The van der Waals surface area contributed by atoms with Gasteiger partial charge in [0.1, 0.15) is 12.2 Å². The van der Waals surface area contributed by atoms with E-state index in [9.17, 15) is 23.4 Å². The molecule has 0 spiro atoms. The van der Waals surface area contributed by atoms with Crippen molar-refractivity contribution in [2.75, 3.05) is 6.61 Å². The monoisotopic (exact) mass is 268 g/mol. The zero-order valence-corrected chi connectivity index (χ0v) is 9.37. The maximum atomic E-state index is 12.1. The SMILES string of the molecule is OCC(O)C(O)c1cccc(SC(F)(F)F)c1. The molecule has 0 saturated carbocycles. The Bertz CT molecular complexity index is 370. The first-order valence-corrected chi connectivity index (χ1v) is 5.48. The van der Waals surface area contributed by atoms with Crippen molar-refractivity contribution >= 4 is 11.8 Å². The van der Waals surface area contributed by atoms with Crippen molar-refractivity contribution in [1.82, 2.24) is 0 Å². The Labute approximate surface area is 99.9 Å². The molecule has 3 nitrogen and oxygen atoms in total.